The standard InChI is InChI=1S/C26H27N5O3/c1-17-9-20-14-30(15-23(17)31(20)24-6-3-18(11-27)13-29-24)25(32)16-34-26(7-8-26)22-10-21(33-2)5-4-19(22)12-28/h3-6,10,13,17,20,23H,7-9,14-16H2,1-2H3/t17-,20?,23?/m0/s1. The zero-order chi connectivity index (χ0) is 23.9. The van der Waals surface area contributed by atoms with Crippen molar-refractivity contribution in [2.24, 2.45) is 5.92 Å². The van der Waals surface area contributed by atoms with Crippen molar-refractivity contribution in [2.75, 3.05) is 31.7 Å². The number of fused-ring (bicyclic) bond motifs is 2. The smallest absolute Gasteiger partial charge is 0.248 e. The number of hydrogen-bond donors (Lipinski definition) is 0. The Morgan fingerprint density at radius 1 is 1.21 bits per heavy atom. The number of aromatic nitrogens is 1. The van der Waals surface area contributed by atoms with Gasteiger partial charge in [0.25, 0.3) is 0 Å². The second-order valence-electron chi connectivity index (χ2n) is 9.46. The van der Waals surface area contributed by atoms with Crippen LogP contribution in [-0.4, -0.2) is 54.7 Å². The lowest BCUT2D eigenvalue weighted by molar-refractivity contribution is -0.140. The topological polar surface area (TPSA) is 102 Å². The van der Waals surface area contributed by atoms with Gasteiger partial charge >= 0.3 is 0 Å². The van der Waals surface area contributed by atoms with Crippen LogP contribution in [0.2, 0.25) is 0 Å². The number of pyridine rings is 1. The van der Waals surface area contributed by atoms with Crippen LogP contribution in [0.4, 0.5) is 5.82 Å². The number of hydrogen-bond acceptors (Lipinski definition) is 7. The van der Waals surface area contributed by atoms with Crippen molar-refractivity contribution in [3.8, 4) is 17.9 Å². The molecule has 3 aliphatic rings. The highest BCUT2D eigenvalue weighted by Crippen LogP contribution is 2.51. The Hall–Kier alpha value is -3.62. The van der Waals surface area contributed by atoms with E-state index in [1.165, 1.54) is 0 Å². The Labute approximate surface area is 199 Å². The SMILES string of the molecule is COc1ccc(C#N)c(C2(OCC(=O)N3CC4C[C@H](C)C(C3)N4c3ccc(C#N)cn3)CC2)c1. The van der Waals surface area contributed by atoms with E-state index in [4.69, 9.17) is 14.7 Å². The van der Waals surface area contributed by atoms with Crippen molar-refractivity contribution in [1.82, 2.24) is 9.88 Å². The third kappa shape index (κ3) is 3.85. The van der Waals surface area contributed by atoms with Gasteiger partial charge in [0.2, 0.25) is 5.91 Å². The van der Waals surface area contributed by atoms with Crippen LogP contribution in [0.15, 0.2) is 36.5 Å². The molecule has 8 heteroatoms. The van der Waals surface area contributed by atoms with Gasteiger partial charge in [0.05, 0.1) is 35.9 Å². The number of nitriles is 2. The van der Waals surface area contributed by atoms with E-state index in [-0.39, 0.29) is 24.6 Å². The van der Waals surface area contributed by atoms with Crippen LogP contribution in [0.1, 0.15) is 42.9 Å². The monoisotopic (exact) mass is 457 g/mol. The molecule has 3 fully saturated rings. The molecule has 1 aromatic carbocycles. The molecule has 2 bridgehead atoms. The van der Waals surface area contributed by atoms with Crippen molar-refractivity contribution in [2.45, 2.75) is 43.9 Å². The molecule has 0 radical (unpaired) electrons. The molecule has 3 heterocycles. The first-order valence-electron chi connectivity index (χ1n) is 11.6. The Morgan fingerprint density at radius 2 is 2.03 bits per heavy atom. The van der Waals surface area contributed by atoms with Gasteiger partial charge in [-0.3, -0.25) is 4.79 Å². The molecule has 1 aliphatic carbocycles. The molecule has 1 amide bonds. The predicted molar refractivity (Wildman–Crippen MR) is 124 cm³/mol. The average Bonchev–Trinajstić information content (AvgIpc) is 3.63. The van der Waals surface area contributed by atoms with Crippen molar-refractivity contribution < 1.29 is 14.3 Å². The van der Waals surface area contributed by atoms with Crippen LogP contribution in [0.5, 0.6) is 5.75 Å². The normalized spacial score (nSPS) is 24.3. The number of methoxy groups -OCH3 is 1. The van der Waals surface area contributed by atoms with Gasteiger partial charge in [-0.1, -0.05) is 6.92 Å². The van der Waals surface area contributed by atoms with Gasteiger partial charge < -0.3 is 19.3 Å². The van der Waals surface area contributed by atoms with Crippen LogP contribution in [-0.2, 0) is 15.1 Å². The van der Waals surface area contributed by atoms with Crippen molar-refractivity contribution in [3.05, 3.63) is 53.2 Å². The first-order valence-corrected chi connectivity index (χ1v) is 11.6. The molecule has 34 heavy (non-hydrogen) atoms. The third-order valence-corrected chi connectivity index (χ3v) is 7.40. The molecule has 2 unspecified atom stereocenters. The zero-order valence-corrected chi connectivity index (χ0v) is 19.4. The largest absolute Gasteiger partial charge is 0.497 e. The van der Waals surface area contributed by atoms with Crippen LogP contribution in [0.3, 0.4) is 0 Å². The minimum absolute atomic E-state index is 0.00891. The van der Waals surface area contributed by atoms with Gasteiger partial charge in [0.1, 0.15) is 24.2 Å². The highest BCUT2D eigenvalue weighted by molar-refractivity contribution is 5.78. The summed E-state index contributed by atoms with van der Waals surface area (Å²) in [5.74, 6) is 1.95. The van der Waals surface area contributed by atoms with Gasteiger partial charge in [-0.2, -0.15) is 10.5 Å². The number of anilines is 1. The number of likely N-dealkylation sites (tertiary alicyclic amines) is 1. The van der Waals surface area contributed by atoms with Gasteiger partial charge in [-0.15, -0.1) is 0 Å². The minimum Gasteiger partial charge on any atom is -0.497 e. The van der Waals surface area contributed by atoms with Gasteiger partial charge in [0, 0.05) is 30.9 Å². The van der Waals surface area contributed by atoms with E-state index < -0.39 is 5.60 Å². The summed E-state index contributed by atoms with van der Waals surface area (Å²) in [6.45, 7) is 3.46. The van der Waals surface area contributed by atoms with Crippen molar-refractivity contribution in [1.29, 1.82) is 10.5 Å². The first kappa shape index (κ1) is 22.2. The fourth-order valence-electron chi connectivity index (χ4n) is 5.42. The van der Waals surface area contributed by atoms with E-state index in [0.717, 1.165) is 30.6 Å². The maximum absolute atomic E-state index is 13.2. The summed E-state index contributed by atoms with van der Waals surface area (Å²) in [4.78, 5) is 21.9. The van der Waals surface area contributed by atoms with E-state index >= 15 is 0 Å². The molecule has 8 nitrogen and oxygen atoms in total. The molecule has 0 spiro atoms. The van der Waals surface area contributed by atoms with Gasteiger partial charge in [-0.25, -0.2) is 4.98 Å². The molecule has 2 aromatic rings. The number of carbonyl (C=O) groups excluding carboxylic acids is 1. The Morgan fingerprint density at radius 3 is 2.65 bits per heavy atom. The number of rotatable bonds is 6. The maximum atomic E-state index is 13.2. The van der Waals surface area contributed by atoms with E-state index in [9.17, 15) is 10.1 Å². The lowest BCUT2D eigenvalue weighted by atomic mass is 10.0. The van der Waals surface area contributed by atoms with Crippen molar-refractivity contribution >= 4 is 11.7 Å². The van der Waals surface area contributed by atoms with Gasteiger partial charge in [-0.05, 0) is 55.5 Å². The number of ether oxygens (including phenoxy) is 2. The molecule has 2 aliphatic heterocycles. The molecule has 2 saturated heterocycles. The lowest BCUT2D eigenvalue weighted by Crippen LogP contribution is -2.57. The quantitative estimate of drug-likeness (QED) is 0.657. The summed E-state index contributed by atoms with van der Waals surface area (Å²) in [5, 5.41) is 18.6. The Bertz CT molecular complexity index is 1180. The number of amides is 1. The molecule has 1 aromatic heterocycles. The molecule has 174 valence electrons. The first-order chi connectivity index (χ1) is 16.5. The summed E-state index contributed by atoms with van der Waals surface area (Å²) in [6, 6.07) is 13.8. The maximum Gasteiger partial charge on any atom is 0.248 e. The van der Waals surface area contributed by atoms with E-state index in [2.05, 4.69) is 28.9 Å². The highest BCUT2D eigenvalue weighted by atomic mass is 16.5. The molecule has 1 saturated carbocycles. The number of piperazine rings is 1. The fourth-order valence-corrected chi connectivity index (χ4v) is 5.42. The average molecular weight is 458 g/mol. The molecule has 3 atom stereocenters. The van der Waals surface area contributed by atoms with E-state index in [1.54, 1.807) is 31.5 Å². The number of benzene rings is 1. The van der Waals surface area contributed by atoms with E-state index in [0.29, 0.717) is 35.9 Å². The fraction of sp³-hybridized carbons (Fsp3) is 0.462. The summed E-state index contributed by atoms with van der Waals surface area (Å²) < 4.78 is 11.5. The van der Waals surface area contributed by atoms with Crippen LogP contribution in [0.25, 0.3) is 0 Å². The highest BCUT2D eigenvalue weighted by Gasteiger charge is 2.49. The molecular weight excluding hydrogens is 430 g/mol. The predicted octanol–water partition coefficient (Wildman–Crippen LogP) is 2.97. The molecular formula is C26H27N5O3. The molecule has 5 rings (SSSR count). The van der Waals surface area contributed by atoms with Gasteiger partial charge in [0.15, 0.2) is 0 Å². The number of nitrogens with zero attached hydrogens (tertiary/aromatic N) is 5. The summed E-state index contributed by atoms with van der Waals surface area (Å²) in [5.41, 5.74) is 1.31. The second-order valence-corrected chi connectivity index (χ2v) is 9.46. The summed E-state index contributed by atoms with van der Waals surface area (Å²) in [7, 11) is 1.59. The molecule has 0 N–H and O–H groups in total. The van der Waals surface area contributed by atoms with E-state index in [1.807, 2.05) is 17.0 Å². The van der Waals surface area contributed by atoms with Crippen LogP contribution in [0, 0.1) is 28.6 Å². The van der Waals surface area contributed by atoms with Crippen molar-refractivity contribution in [3.63, 3.8) is 0 Å². The van der Waals surface area contributed by atoms with Crippen LogP contribution < -0.4 is 9.64 Å². The minimum atomic E-state index is -0.588. The Kier molecular flexibility index (Phi) is 5.63. The number of carbonyl (C=O) groups is 1. The zero-order valence-electron chi connectivity index (χ0n) is 19.4. The third-order valence-electron chi connectivity index (χ3n) is 7.40. The summed E-state index contributed by atoms with van der Waals surface area (Å²) in [6.07, 6.45) is 4.16. The lowest BCUT2D eigenvalue weighted by Gasteiger charge is -2.42. The summed E-state index contributed by atoms with van der Waals surface area (Å²) >= 11 is 0. The van der Waals surface area contributed by atoms with Crippen LogP contribution >= 0.6 is 0 Å². The second kappa shape index (κ2) is 8.62. The Balaban J connectivity index is 1.27.